The summed E-state index contributed by atoms with van der Waals surface area (Å²) >= 11 is 0. The fourth-order valence-corrected chi connectivity index (χ4v) is 2.57. The summed E-state index contributed by atoms with van der Waals surface area (Å²) in [4.78, 5) is 14.3. The Labute approximate surface area is 119 Å². The Hall–Kier alpha value is -1.07. The van der Waals surface area contributed by atoms with E-state index in [1.807, 2.05) is 11.8 Å². The smallest absolute Gasteiger partial charge is 0.259 e. The first-order valence-electron chi connectivity index (χ1n) is 6.48. The molecule has 1 aromatic rings. The average Bonchev–Trinajstić information content (AvgIpc) is 2.68. The van der Waals surface area contributed by atoms with Gasteiger partial charge in [0.15, 0.2) is 0 Å². The highest BCUT2D eigenvalue weighted by atomic mass is 35.5. The van der Waals surface area contributed by atoms with Gasteiger partial charge in [0.05, 0.1) is 5.69 Å². The first kappa shape index (κ1) is 16.0. The van der Waals surface area contributed by atoms with Crippen LogP contribution in [0.1, 0.15) is 41.6 Å². The molecule has 19 heavy (non-hydrogen) atoms. The van der Waals surface area contributed by atoms with Gasteiger partial charge in [-0.1, -0.05) is 5.16 Å². The van der Waals surface area contributed by atoms with Crippen molar-refractivity contribution in [2.24, 2.45) is 11.7 Å². The van der Waals surface area contributed by atoms with Gasteiger partial charge in [0, 0.05) is 19.1 Å². The first-order chi connectivity index (χ1) is 8.50. The summed E-state index contributed by atoms with van der Waals surface area (Å²) in [7, 11) is 0. The molecule has 1 aromatic heterocycles. The van der Waals surface area contributed by atoms with Crippen LogP contribution in [0.3, 0.4) is 0 Å². The Kier molecular flexibility index (Phi) is 5.38. The van der Waals surface area contributed by atoms with Crippen molar-refractivity contribution in [3.05, 3.63) is 17.0 Å². The molecule has 0 spiro atoms. The molecule has 0 aliphatic carbocycles. The molecule has 1 amide bonds. The van der Waals surface area contributed by atoms with E-state index in [2.05, 4.69) is 5.16 Å². The average molecular weight is 288 g/mol. The van der Waals surface area contributed by atoms with Crippen molar-refractivity contribution in [3.63, 3.8) is 0 Å². The number of carbonyl (C=O) groups excluding carboxylic acids is 1. The molecule has 0 bridgehead atoms. The van der Waals surface area contributed by atoms with Crippen molar-refractivity contribution in [1.29, 1.82) is 0 Å². The maximum Gasteiger partial charge on any atom is 0.259 e. The maximum absolute atomic E-state index is 12.5. The molecule has 108 valence electrons. The third kappa shape index (κ3) is 3.28. The van der Waals surface area contributed by atoms with Gasteiger partial charge in [0.1, 0.15) is 11.3 Å². The SMILES string of the molecule is Cc1noc(C)c1C(=O)N1CCCC(C(C)N)C1.Cl. The molecule has 6 heteroatoms. The molecule has 0 saturated carbocycles. The van der Waals surface area contributed by atoms with E-state index in [1.165, 1.54) is 0 Å². The molecular formula is C13H22ClN3O2. The lowest BCUT2D eigenvalue weighted by Crippen LogP contribution is -2.45. The van der Waals surface area contributed by atoms with Crippen molar-refractivity contribution in [2.75, 3.05) is 13.1 Å². The van der Waals surface area contributed by atoms with E-state index in [4.69, 9.17) is 10.3 Å². The second kappa shape index (κ2) is 6.39. The second-order valence-corrected chi connectivity index (χ2v) is 5.21. The Morgan fingerprint density at radius 1 is 1.53 bits per heavy atom. The van der Waals surface area contributed by atoms with E-state index in [-0.39, 0.29) is 24.4 Å². The number of hydrogen-bond acceptors (Lipinski definition) is 4. The number of nitrogens with zero attached hydrogens (tertiary/aromatic N) is 2. The van der Waals surface area contributed by atoms with Crippen LogP contribution < -0.4 is 5.73 Å². The second-order valence-electron chi connectivity index (χ2n) is 5.21. The highest BCUT2D eigenvalue weighted by Crippen LogP contribution is 2.22. The molecule has 5 nitrogen and oxygen atoms in total. The number of aromatic nitrogens is 1. The van der Waals surface area contributed by atoms with Gasteiger partial charge in [0.2, 0.25) is 0 Å². The van der Waals surface area contributed by atoms with Gasteiger partial charge in [-0.2, -0.15) is 0 Å². The topological polar surface area (TPSA) is 72.4 Å². The van der Waals surface area contributed by atoms with Gasteiger partial charge in [0.25, 0.3) is 5.91 Å². The molecule has 0 aromatic carbocycles. The summed E-state index contributed by atoms with van der Waals surface area (Å²) < 4.78 is 5.06. The van der Waals surface area contributed by atoms with Crippen LogP contribution in [0.4, 0.5) is 0 Å². The summed E-state index contributed by atoms with van der Waals surface area (Å²) in [5, 5.41) is 3.84. The van der Waals surface area contributed by atoms with Crippen molar-refractivity contribution < 1.29 is 9.32 Å². The number of likely N-dealkylation sites (tertiary alicyclic amines) is 1. The van der Waals surface area contributed by atoms with E-state index in [0.29, 0.717) is 22.9 Å². The van der Waals surface area contributed by atoms with Gasteiger partial charge in [-0.25, -0.2) is 0 Å². The Balaban J connectivity index is 0.00000180. The molecule has 2 unspecified atom stereocenters. The van der Waals surface area contributed by atoms with Crippen LogP contribution in [0.15, 0.2) is 4.52 Å². The number of piperidine rings is 1. The van der Waals surface area contributed by atoms with Gasteiger partial charge >= 0.3 is 0 Å². The van der Waals surface area contributed by atoms with Crippen molar-refractivity contribution in [1.82, 2.24) is 10.1 Å². The largest absolute Gasteiger partial charge is 0.361 e. The number of carbonyl (C=O) groups is 1. The Morgan fingerprint density at radius 2 is 2.21 bits per heavy atom. The van der Waals surface area contributed by atoms with Crippen LogP contribution in [0.5, 0.6) is 0 Å². The van der Waals surface area contributed by atoms with Crippen LogP contribution in [-0.2, 0) is 0 Å². The zero-order valence-electron chi connectivity index (χ0n) is 11.7. The Morgan fingerprint density at radius 3 is 2.74 bits per heavy atom. The fourth-order valence-electron chi connectivity index (χ4n) is 2.57. The highest BCUT2D eigenvalue weighted by molar-refractivity contribution is 5.96. The molecule has 2 rings (SSSR count). The zero-order valence-corrected chi connectivity index (χ0v) is 12.5. The zero-order chi connectivity index (χ0) is 13.3. The predicted octanol–water partition coefficient (Wildman–Crippen LogP) is 1.91. The monoisotopic (exact) mass is 287 g/mol. The quantitative estimate of drug-likeness (QED) is 0.902. The van der Waals surface area contributed by atoms with Gasteiger partial charge in [-0.15, -0.1) is 12.4 Å². The third-order valence-electron chi connectivity index (χ3n) is 3.74. The molecule has 2 N–H and O–H groups in total. The molecule has 1 aliphatic rings. The molecule has 2 atom stereocenters. The molecule has 1 aliphatic heterocycles. The van der Waals surface area contributed by atoms with Crippen molar-refractivity contribution in [3.8, 4) is 0 Å². The van der Waals surface area contributed by atoms with Crippen LogP contribution in [0, 0.1) is 19.8 Å². The van der Waals surface area contributed by atoms with Gasteiger partial charge < -0.3 is 15.2 Å². The van der Waals surface area contributed by atoms with E-state index < -0.39 is 0 Å². The standard InChI is InChI=1S/C13H21N3O2.ClH/c1-8(14)11-5-4-6-16(7-11)13(17)12-9(2)15-18-10(12)3;/h8,11H,4-7,14H2,1-3H3;1H. The summed E-state index contributed by atoms with van der Waals surface area (Å²) in [5.74, 6) is 1.01. The number of nitrogens with two attached hydrogens (primary N) is 1. The lowest BCUT2D eigenvalue weighted by atomic mass is 9.92. The Bertz CT molecular complexity index is 426. The van der Waals surface area contributed by atoms with E-state index in [0.717, 1.165) is 25.9 Å². The molecule has 1 fully saturated rings. The van der Waals surface area contributed by atoms with Gasteiger partial charge in [-0.3, -0.25) is 4.79 Å². The van der Waals surface area contributed by atoms with E-state index in [1.54, 1.807) is 13.8 Å². The number of halogens is 1. The summed E-state index contributed by atoms with van der Waals surface area (Å²) in [5.41, 5.74) is 7.22. The summed E-state index contributed by atoms with van der Waals surface area (Å²) in [6, 6.07) is 0.130. The van der Waals surface area contributed by atoms with Crippen LogP contribution >= 0.6 is 12.4 Å². The highest BCUT2D eigenvalue weighted by Gasteiger charge is 2.29. The lowest BCUT2D eigenvalue weighted by molar-refractivity contribution is 0.0658. The van der Waals surface area contributed by atoms with E-state index >= 15 is 0 Å². The maximum atomic E-state index is 12.5. The molecular weight excluding hydrogens is 266 g/mol. The lowest BCUT2D eigenvalue weighted by Gasteiger charge is -2.34. The van der Waals surface area contributed by atoms with Crippen LogP contribution in [0.25, 0.3) is 0 Å². The number of aryl methyl sites for hydroxylation is 2. The minimum atomic E-state index is 0. The minimum absolute atomic E-state index is 0. The van der Waals surface area contributed by atoms with Crippen LogP contribution in [0.2, 0.25) is 0 Å². The number of amides is 1. The molecule has 0 radical (unpaired) electrons. The van der Waals surface area contributed by atoms with Crippen molar-refractivity contribution >= 4 is 18.3 Å². The first-order valence-corrected chi connectivity index (χ1v) is 6.48. The minimum Gasteiger partial charge on any atom is -0.361 e. The van der Waals surface area contributed by atoms with E-state index in [9.17, 15) is 4.79 Å². The third-order valence-corrected chi connectivity index (χ3v) is 3.74. The summed E-state index contributed by atoms with van der Waals surface area (Å²) in [6.45, 7) is 7.12. The van der Waals surface area contributed by atoms with Gasteiger partial charge in [-0.05, 0) is 39.5 Å². The fraction of sp³-hybridized carbons (Fsp3) is 0.692. The van der Waals surface area contributed by atoms with Crippen molar-refractivity contribution in [2.45, 2.75) is 39.7 Å². The molecule has 1 saturated heterocycles. The normalized spacial score (nSPS) is 20.8. The number of rotatable bonds is 2. The number of hydrogen-bond donors (Lipinski definition) is 1. The predicted molar refractivity (Wildman–Crippen MR) is 75.5 cm³/mol. The summed E-state index contributed by atoms with van der Waals surface area (Å²) in [6.07, 6.45) is 2.12. The van der Waals surface area contributed by atoms with Crippen LogP contribution in [-0.4, -0.2) is 35.1 Å². The molecule has 2 heterocycles.